The highest BCUT2D eigenvalue weighted by Gasteiger charge is 2.16. The summed E-state index contributed by atoms with van der Waals surface area (Å²) < 4.78 is 23.3. The molecule has 0 fully saturated rings. The van der Waals surface area contributed by atoms with Gasteiger partial charge in [-0.05, 0) is 17.7 Å². The van der Waals surface area contributed by atoms with Crippen molar-refractivity contribution >= 4 is 18.0 Å². The zero-order valence-corrected chi connectivity index (χ0v) is 12.3. The molecule has 1 heterocycles. The Kier molecular flexibility index (Phi) is 5.10. The van der Waals surface area contributed by atoms with E-state index in [1.54, 1.807) is 12.1 Å². The zero-order valence-electron chi connectivity index (χ0n) is 11.4. The first-order valence-corrected chi connectivity index (χ1v) is 6.88. The molecular formula is C14H13FN2O3S. The molecule has 1 aromatic carbocycles. The number of thioether (sulfide) groups is 1. The second kappa shape index (κ2) is 7.03. The van der Waals surface area contributed by atoms with Gasteiger partial charge in [-0.15, -0.1) is 0 Å². The zero-order chi connectivity index (χ0) is 15.2. The van der Waals surface area contributed by atoms with Gasteiger partial charge in [-0.25, -0.2) is 4.39 Å². The van der Waals surface area contributed by atoms with Crippen LogP contribution in [0.3, 0.4) is 0 Å². The Labute approximate surface area is 125 Å². The topological polar surface area (TPSA) is 61.3 Å². The van der Waals surface area contributed by atoms with Gasteiger partial charge in [-0.3, -0.25) is 0 Å². The fraction of sp³-hybridized carbons (Fsp3) is 0.214. The summed E-state index contributed by atoms with van der Waals surface area (Å²) in [6.07, 6.45) is 0.717. The van der Waals surface area contributed by atoms with Crippen LogP contribution in [0.1, 0.15) is 10.8 Å². The van der Waals surface area contributed by atoms with Crippen molar-refractivity contribution in [2.75, 3.05) is 14.2 Å². The lowest BCUT2D eigenvalue weighted by Crippen LogP contribution is -2.00. The van der Waals surface area contributed by atoms with Crippen molar-refractivity contribution in [2.45, 2.75) is 10.4 Å². The van der Waals surface area contributed by atoms with Crippen molar-refractivity contribution in [1.82, 2.24) is 9.97 Å². The van der Waals surface area contributed by atoms with Crippen LogP contribution in [0, 0.1) is 5.82 Å². The molecule has 1 atom stereocenters. The van der Waals surface area contributed by atoms with Gasteiger partial charge in [0, 0.05) is 0 Å². The first-order chi connectivity index (χ1) is 10.2. The first kappa shape index (κ1) is 15.2. The van der Waals surface area contributed by atoms with E-state index in [0.717, 1.165) is 18.0 Å². The number of hydrogen-bond acceptors (Lipinski definition) is 6. The number of rotatable bonds is 6. The molecule has 0 aliphatic rings. The van der Waals surface area contributed by atoms with Crippen LogP contribution < -0.4 is 9.47 Å². The Morgan fingerprint density at radius 2 is 1.86 bits per heavy atom. The summed E-state index contributed by atoms with van der Waals surface area (Å²) in [6, 6.07) is 7.38. The largest absolute Gasteiger partial charge is 0.481 e. The van der Waals surface area contributed by atoms with Gasteiger partial charge >= 0.3 is 0 Å². The van der Waals surface area contributed by atoms with Gasteiger partial charge in [0.2, 0.25) is 11.8 Å². The molecule has 110 valence electrons. The first-order valence-electron chi connectivity index (χ1n) is 6.00. The summed E-state index contributed by atoms with van der Waals surface area (Å²) in [5, 5.41) is -0.301. The summed E-state index contributed by atoms with van der Waals surface area (Å²) in [4.78, 5) is 19.5. The van der Waals surface area contributed by atoms with Crippen LogP contribution in [0.2, 0.25) is 0 Å². The molecule has 0 amide bonds. The Hall–Kier alpha value is -2.15. The predicted octanol–water partition coefficient (Wildman–Crippen LogP) is 2.67. The van der Waals surface area contributed by atoms with Gasteiger partial charge in [0.15, 0.2) is 5.16 Å². The van der Waals surface area contributed by atoms with E-state index < -0.39 is 11.1 Å². The number of ether oxygens (including phenoxy) is 2. The van der Waals surface area contributed by atoms with Crippen LogP contribution in [-0.4, -0.2) is 30.5 Å². The quantitative estimate of drug-likeness (QED) is 0.464. The van der Waals surface area contributed by atoms with Crippen molar-refractivity contribution in [1.29, 1.82) is 0 Å². The van der Waals surface area contributed by atoms with E-state index in [0.29, 0.717) is 22.5 Å². The van der Waals surface area contributed by atoms with Gasteiger partial charge in [0.25, 0.3) is 0 Å². The van der Waals surface area contributed by atoms with Crippen molar-refractivity contribution in [2.24, 2.45) is 0 Å². The van der Waals surface area contributed by atoms with Crippen molar-refractivity contribution in [3.05, 3.63) is 41.7 Å². The van der Waals surface area contributed by atoms with Gasteiger partial charge in [-0.2, -0.15) is 9.97 Å². The number of carbonyl (C=O) groups is 1. The second-order valence-electron chi connectivity index (χ2n) is 3.96. The summed E-state index contributed by atoms with van der Waals surface area (Å²) in [5.74, 6) is 0.255. The van der Waals surface area contributed by atoms with Crippen LogP contribution in [-0.2, 0) is 4.79 Å². The van der Waals surface area contributed by atoms with E-state index in [9.17, 15) is 9.18 Å². The number of hydrogen-bond donors (Lipinski definition) is 0. The molecule has 0 N–H and O–H groups in total. The number of carbonyl (C=O) groups excluding carboxylic acids is 1. The second-order valence-corrected chi connectivity index (χ2v) is 5.07. The molecule has 21 heavy (non-hydrogen) atoms. The fourth-order valence-corrected chi connectivity index (χ4v) is 2.47. The number of aromatic nitrogens is 2. The monoisotopic (exact) mass is 308 g/mol. The van der Waals surface area contributed by atoms with Gasteiger partial charge in [0.05, 0.1) is 25.5 Å². The third kappa shape index (κ3) is 3.91. The SMILES string of the molecule is COc1cc(OC)nc(SC(C=O)c2cccc(F)c2)n1. The normalized spacial score (nSPS) is 11.8. The fourth-order valence-electron chi connectivity index (χ4n) is 1.62. The van der Waals surface area contributed by atoms with E-state index in [-0.39, 0.29) is 0 Å². The van der Waals surface area contributed by atoms with Gasteiger partial charge < -0.3 is 14.3 Å². The molecule has 1 aromatic heterocycles. The highest BCUT2D eigenvalue weighted by atomic mass is 32.2. The van der Waals surface area contributed by atoms with E-state index in [1.807, 2.05) is 0 Å². The van der Waals surface area contributed by atoms with Crippen molar-refractivity contribution in [3.63, 3.8) is 0 Å². The molecule has 0 saturated heterocycles. The maximum atomic E-state index is 13.2. The summed E-state index contributed by atoms with van der Waals surface area (Å²) in [5.41, 5.74) is 0.542. The van der Waals surface area contributed by atoms with Gasteiger partial charge in [0.1, 0.15) is 12.1 Å². The molecule has 2 rings (SSSR count). The molecule has 7 heteroatoms. The number of benzene rings is 1. The number of methoxy groups -OCH3 is 2. The lowest BCUT2D eigenvalue weighted by molar-refractivity contribution is -0.107. The van der Waals surface area contributed by atoms with E-state index in [1.165, 1.54) is 32.4 Å². The third-order valence-electron chi connectivity index (χ3n) is 2.61. The number of aldehydes is 1. The van der Waals surface area contributed by atoms with Crippen LogP contribution in [0.15, 0.2) is 35.5 Å². The van der Waals surface area contributed by atoms with Gasteiger partial charge in [-0.1, -0.05) is 23.9 Å². The smallest absolute Gasteiger partial charge is 0.220 e. The lowest BCUT2D eigenvalue weighted by atomic mass is 10.1. The third-order valence-corrected chi connectivity index (χ3v) is 3.64. The van der Waals surface area contributed by atoms with Crippen molar-refractivity contribution in [3.8, 4) is 11.8 Å². The Balaban J connectivity index is 2.28. The van der Waals surface area contributed by atoms with Crippen LogP contribution in [0.5, 0.6) is 11.8 Å². The predicted molar refractivity (Wildman–Crippen MR) is 76.2 cm³/mol. The lowest BCUT2D eigenvalue weighted by Gasteiger charge is -2.11. The van der Waals surface area contributed by atoms with Crippen LogP contribution in [0.4, 0.5) is 4.39 Å². The molecule has 5 nitrogen and oxygen atoms in total. The molecule has 0 aliphatic carbocycles. The molecule has 0 radical (unpaired) electrons. The minimum Gasteiger partial charge on any atom is -0.481 e. The van der Waals surface area contributed by atoms with E-state index in [4.69, 9.17) is 9.47 Å². The minimum absolute atomic E-state index is 0.313. The molecule has 1 unspecified atom stereocenters. The summed E-state index contributed by atoms with van der Waals surface area (Å²) >= 11 is 1.09. The Morgan fingerprint density at radius 3 is 2.38 bits per heavy atom. The molecule has 2 aromatic rings. The van der Waals surface area contributed by atoms with Crippen molar-refractivity contribution < 1.29 is 18.7 Å². The highest BCUT2D eigenvalue weighted by Crippen LogP contribution is 2.33. The van der Waals surface area contributed by atoms with Crippen LogP contribution >= 0.6 is 11.8 Å². The molecule has 0 aliphatic heterocycles. The molecular weight excluding hydrogens is 295 g/mol. The maximum Gasteiger partial charge on any atom is 0.220 e. The van der Waals surface area contributed by atoms with E-state index in [2.05, 4.69) is 9.97 Å². The number of halogens is 1. The summed E-state index contributed by atoms with van der Waals surface area (Å²) in [6.45, 7) is 0. The number of nitrogens with zero attached hydrogens (tertiary/aromatic N) is 2. The molecule has 0 saturated carbocycles. The van der Waals surface area contributed by atoms with E-state index >= 15 is 0 Å². The van der Waals surface area contributed by atoms with Crippen LogP contribution in [0.25, 0.3) is 0 Å². The Bertz CT molecular complexity index is 617. The standard InChI is InChI=1S/C14H13FN2O3S/c1-19-12-7-13(20-2)17-14(16-12)21-11(8-18)9-4-3-5-10(15)6-9/h3-8,11H,1-2H3. The Morgan fingerprint density at radius 1 is 1.19 bits per heavy atom. The molecule has 0 bridgehead atoms. The average molecular weight is 308 g/mol. The minimum atomic E-state index is -0.613. The maximum absolute atomic E-state index is 13.2. The highest BCUT2D eigenvalue weighted by molar-refractivity contribution is 8.00. The summed E-state index contributed by atoms with van der Waals surface area (Å²) in [7, 11) is 2.94. The average Bonchev–Trinajstić information content (AvgIpc) is 2.52. The molecule has 0 spiro atoms.